The van der Waals surface area contributed by atoms with E-state index in [0.717, 1.165) is 25.3 Å². The van der Waals surface area contributed by atoms with E-state index in [2.05, 4.69) is 27.0 Å². The molecule has 1 aliphatic rings. The van der Waals surface area contributed by atoms with Crippen LogP contribution >= 0.6 is 11.8 Å². The van der Waals surface area contributed by atoms with Gasteiger partial charge in [0.2, 0.25) is 0 Å². The van der Waals surface area contributed by atoms with Crippen LogP contribution in [0, 0.1) is 0 Å². The number of nitrogens with one attached hydrogen (secondary N) is 1. The van der Waals surface area contributed by atoms with Crippen molar-refractivity contribution >= 4 is 11.8 Å². The first-order chi connectivity index (χ1) is 6.90. The number of aryl methyl sites for hydroxylation is 1. The third kappa shape index (κ3) is 2.27. The molecule has 0 aromatic carbocycles. The topological polar surface area (TPSA) is 42.7 Å². The van der Waals surface area contributed by atoms with Crippen molar-refractivity contribution < 1.29 is 0 Å². The number of nitrogens with zero attached hydrogens (tertiary/aromatic N) is 3. The van der Waals surface area contributed by atoms with Crippen molar-refractivity contribution in [3.8, 4) is 0 Å². The lowest BCUT2D eigenvalue weighted by Crippen LogP contribution is -2.39. The molecule has 0 bridgehead atoms. The molecule has 0 saturated carbocycles. The zero-order chi connectivity index (χ0) is 9.80. The minimum atomic E-state index is 0.572. The lowest BCUT2D eigenvalue weighted by Gasteiger charge is -2.22. The van der Waals surface area contributed by atoms with Crippen molar-refractivity contribution in [2.45, 2.75) is 25.9 Å². The maximum absolute atomic E-state index is 4.14. The fourth-order valence-electron chi connectivity index (χ4n) is 1.67. The third-order valence-electron chi connectivity index (χ3n) is 2.46. The van der Waals surface area contributed by atoms with E-state index in [0.29, 0.717) is 6.04 Å². The molecule has 0 radical (unpaired) electrons. The van der Waals surface area contributed by atoms with E-state index < -0.39 is 0 Å². The van der Waals surface area contributed by atoms with Gasteiger partial charge in [-0.3, -0.25) is 0 Å². The van der Waals surface area contributed by atoms with Gasteiger partial charge < -0.3 is 9.88 Å². The molecule has 0 aliphatic carbocycles. The largest absolute Gasteiger partial charge is 0.318 e. The van der Waals surface area contributed by atoms with Crippen LogP contribution in [0.2, 0.25) is 0 Å². The number of hydrogen-bond acceptors (Lipinski definition) is 4. The van der Waals surface area contributed by atoms with Crippen LogP contribution in [0.4, 0.5) is 0 Å². The minimum Gasteiger partial charge on any atom is -0.318 e. The van der Waals surface area contributed by atoms with Gasteiger partial charge >= 0.3 is 0 Å². The second-order valence-corrected chi connectivity index (χ2v) is 4.61. The lowest BCUT2D eigenvalue weighted by molar-refractivity contribution is 0.534. The van der Waals surface area contributed by atoms with E-state index in [4.69, 9.17) is 0 Å². The average Bonchev–Trinajstić information content (AvgIpc) is 2.67. The maximum atomic E-state index is 4.14. The Morgan fingerprint density at radius 3 is 3.36 bits per heavy atom. The molecule has 1 aromatic rings. The Kier molecular flexibility index (Phi) is 3.42. The highest BCUT2D eigenvalue weighted by Crippen LogP contribution is 2.11. The highest BCUT2D eigenvalue weighted by molar-refractivity contribution is 7.99. The van der Waals surface area contributed by atoms with Crippen LogP contribution in [0.25, 0.3) is 0 Å². The maximum Gasteiger partial charge on any atom is 0.134 e. The number of thioether (sulfide) groups is 1. The Morgan fingerprint density at radius 1 is 1.71 bits per heavy atom. The van der Waals surface area contributed by atoms with Gasteiger partial charge in [-0.25, -0.2) is 0 Å². The Labute approximate surface area is 88.5 Å². The van der Waals surface area contributed by atoms with Gasteiger partial charge in [0.1, 0.15) is 12.2 Å². The summed E-state index contributed by atoms with van der Waals surface area (Å²) in [4.78, 5) is 0. The quantitative estimate of drug-likeness (QED) is 0.794. The summed E-state index contributed by atoms with van der Waals surface area (Å²) in [5.74, 6) is 3.53. The molecular formula is C9H16N4S. The van der Waals surface area contributed by atoms with Gasteiger partial charge in [-0.05, 0) is 6.92 Å². The Hall–Kier alpha value is -0.550. The van der Waals surface area contributed by atoms with E-state index in [1.807, 2.05) is 18.1 Å². The Balaban J connectivity index is 1.95. The van der Waals surface area contributed by atoms with Crippen molar-refractivity contribution in [2.24, 2.45) is 0 Å². The molecule has 14 heavy (non-hydrogen) atoms. The lowest BCUT2D eigenvalue weighted by atomic mass is 10.2. The molecule has 1 saturated heterocycles. The summed E-state index contributed by atoms with van der Waals surface area (Å²) in [6.07, 6.45) is 2.81. The van der Waals surface area contributed by atoms with E-state index in [1.54, 1.807) is 0 Å². The fourth-order valence-corrected chi connectivity index (χ4v) is 2.62. The minimum absolute atomic E-state index is 0.572. The van der Waals surface area contributed by atoms with E-state index in [9.17, 15) is 0 Å². The molecule has 1 atom stereocenters. The van der Waals surface area contributed by atoms with Crippen molar-refractivity contribution in [1.82, 2.24) is 20.1 Å². The zero-order valence-electron chi connectivity index (χ0n) is 8.44. The van der Waals surface area contributed by atoms with Crippen LogP contribution in [0.15, 0.2) is 6.33 Å². The Bertz CT molecular complexity index is 280. The second-order valence-electron chi connectivity index (χ2n) is 3.46. The Morgan fingerprint density at radius 2 is 2.64 bits per heavy atom. The second kappa shape index (κ2) is 4.79. The molecule has 1 unspecified atom stereocenters. The van der Waals surface area contributed by atoms with Gasteiger partial charge in [0.25, 0.3) is 0 Å². The zero-order valence-corrected chi connectivity index (χ0v) is 9.26. The molecule has 0 spiro atoms. The van der Waals surface area contributed by atoms with Gasteiger partial charge in [0, 0.05) is 37.1 Å². The normalized spacial score (nSPS) is 22.5. The predicted molar refractivity (Wildman–Crippen MR) is 58.5 cm³/mol. The summed E-state index contributed by atoms with van der Waals surface area (Å²) in [6, 6.07) is 0.572. The first-order valence-electron chi connectivity index (χ1n) is 5.08. The molecule has 2 heterocycles. The molecule has 1 N–H and O–H groups in total. The van der Waals surface area contributed by atoms with Crippen molar-refractivity contribution in [3.05, 3.63) is 12.2 Å². The van der Waals surface area contributed by atoms with Gasteiger partial charge in [-0.15, -0.1) is 10.2 Å². The number of rotatable bonds is 3. The van der Waals surface area contributed by atoms with Crippen LogP contribution in [0.5, 0.6) is 0 Å². The standard InChI is InChI=1S/C9H16N4S/c1-2-13-7-11-12-9(13)5-8-6-14-4-3-10-8/h7-8,10H,2-6H2,1H3. The van der Waals surface area contributed by atoms with Crippen molar-refractivity contribution in [2.75, 3.05) is 18.1 Å². The summed E-state index contributed by atoms with van der Waals surface area (Å²) < 4.78 is 2.11. The van der Waals surface area contributed by atoms with Crippen LogP contribution < -0.4 is 5.32 Å². The molecule has 1 fully saturated rings. The fraction of sp³-hybridized carbons (Fsp3) is 0.778. The molecular weight excluding hydrogens is 196 g/mol. The number of aromatic nitrogens is 3. The van der Waals surface area contributed by atoms with Crippen molar-refractivity contribution in [1.29, 1.82) is 0 Å². The van der Waals surface area contributed by atoms with E-state index in [-0.39, 0.29) is 0 Å². The summed E-state index contributed by atoms with van der Waals surface area (Å²) >= 11 is 2.02. The molecule has 5 heteroatoms. The summed E-state index contributed by atoms with van der Waals surface area (Å²) in [7, 11) is 0. The number of hydrogen-bond donors (Lipinski definition) is 1. The molecule has 1 aromatic heterocycles. The smallest absolute Gasteiger partial charge is 0.134 e. The summed E-state index contributed by atoms with van der Waals surface area (Å²) in [6.45, 7) is 4.20. The predicted octanol–water partition coefficient (Wildman–Crippen LogP) is 0.545. The molecule has 4 nitrogen and oxygen atoms in total. The third-order valence-corrected chi connectivity index (χ3v) is 3.59. The van der Waals surface area contributed by atoms with Gasteiger partial charge in [-0.2, -0.15) is 11.8 Å². The van der Waals surface area contributed by atoms with Crippen LogP contribution in [0.3, 0.4) is 0 Å². The van der Waals surface area contributed by atoms with Crippen LogP contribution in [-0.4, -0.2) is 38.9 Å². The van der Waals surface area contributed by atoms with Gasteiger partial charge in [0.05, 0.1) is 0 Å². The van der Waals surface area contributed by atoms with Gasteiger partial charge in [-0.1, -0.05) is 0 Å². The van der Waals surface area contributed by atoms with Crippen LogP contribution in [-0.2, 0) is 13.0 Å². The average molecular weight is 212 g/mol. The first-order valence-corrected chi connectivity index (χ1v) is 6.23. The summed E-state index contributed by atoms with van der Waals surface area (Å²) in [5, 5.41) is 11.6. The molecule has 2 rings (SSSR count). The first kappa shape index (κ1) is 9.98. The highest BCUT2D eigenvalue weighted by Gasteiger charge is 2.15. The van der Waals surface area contributed by atoms with Gasteiger partial charge in [0.15, 0.2) is 0 Å². The molecule has 1 aliphatic heterocycles. The van der Waals surface area contributed by atoms with Crippen LogP contribution in [0.1, 0.15) is 12.7 Å². The monoisotopic (exact) mass is 212 g/mol. The molecule has 0 amide bonds. The summed E-state index contributed by atoms with van der Waals surface area (Å²) in [5.41, 5.74) is 0. The highest BCUT2D eigenvalue weighted by atomic mass is 32.2. The van der Waals surface area contributed by atoms with Crippen molar-refractivity contribution in [3.63, 3.8) is 0 Å². The van der Waals surface area contributed by atoms with E-state index >= 15 is 0 Å². The van der Waals surface area contributed by atoms with E-state index in [1.165, 1.54) is 11.5 Å². The SMILES string of the molecule is CCn1cnnc1CC1CSCCN1. The molecule has 78 valence electrons.